The number of fused-ring (bicyclic) bond motifs is 1. The van der Waals surface area contributed by atoms with Gasteiger partial charge in [-0.1, -0.05) is 12.1 Å². The Labute approximate surface area is 185 Å². The molecular weight excluding hydrogens is 441 g/mol. The third kappa shape index (κ3) is 5.01. The summed E-state index contributed by atoms with van der Waals surface area (Å²) in [7, 11) is 0. The average molecular weight is 460 g/mol. The third-order valence-electron chi connectivity index (χ3n) is 4.68. The van der Waals surface area contributed by atoms with Crippen LogP contribution in [0.4, 0.5) is 19.1 Å². The molecule has 11 heteroatoms. The molecule has 0 saturated carbocycles. The number of anilines is 1. The molecule has 166 valence electrons. The van der Waals surface area contributed by atoms with Crippen molar-refractivity contribution in [2.75, 3.05) is 5.32 Å². The molecule has 0 bridgehead atoms. The van der Waals surface area contributed by atoms with E-state index in [0.717, 1.165) is 18.0 Å². The van der Waals surface area contributed by atoms with Crippen molar-refractivity contribution in [1.29, 1.82) is 0 Å². The van der Waals surface area contributed by atoms with Gasteiger partial charge in [-0.15, -0.1) is 11.3 Å². The van der Waals surface area contributed by atoms with Gasteiger partial charge in [-0.3, -0.25) is 15.3 Å². The maximum atomic E-state index is 12.7. The van der Waals surface area contributed by atoms with Crippen LogP contribution in [0.2, 0.25) is 0 Å². The van der Waals surface area contributed by atoms with E-state index >= 15 is 0 Å². The highest BCUT2D eigenvalue weighted by atomic mass is 32.1. The topological polar surface area (TPSA) is 95.9 Å². The molecule has 2 atom stereocenters. The Morgan fingerprint density at radius 2 is 1.94 bits per heavy atom. The van der Waals surface area contributed by atoms with E-state index in [9.17, 15) is 18.3 Å². The quantitative estimate of drug-likeness (QED) is 0.351. The number of pyridine rings is 2. The Balaban J connectivity index is 1.50. The van der Waals surface area contributed by atoms with Crippen molar-refractivity contribution in [3.8, 4) is 0 Å². The first kappa shape index (κ1) is 22.1. The van der Waals surface area contributed by atoms with Gasteiger partial charge in [0.2, 0.25) is 5.95 Å². The number of hydrogen-bond acceptors (Lipinski definition) is 8. The fourth-order valence-electron chi connectivity index (χ4n) is 3.04. The van der Waals surface area contributed by atoms with E-state index in [0.29, 0.717) is 27.4 Å². The molecule has 0 saturated heterocycles. The number of halogens is 3. The first-order valence-electron chi connectivity index (χ1n) is 9.67. The van der Waals surface area contributed by atoms with Crippen LogP contribution in [0.15, 0.2) is 54.2 Å². The molecule has 0 amide bonds. The van der Waals surface area contributed by atoms with Crippen LogP contribution >= 0.6 is 11.3 Å². The Bertz CT molecular complexity index is 1180. The zero-order valence-corrected chi connectivity index (χ0v) is 17.7. The van der Waals surface area contributed by atoms with E-state index in [1.807, 2.05) is 36.6 Å². The summed E-state index contributed by atoms with van der Waals surface area (Å²) in [5.74, 6) is 0.334. The number of nitrogens with zero attached hydrogens (tertiary/aromatic N) is 4. The van der Waals surface area contributed by atoms with E-state index < -0.39 is 18.1 Å². The molecule has 4 rings (SSSR count). The molecule has 7 nitrogen and oxygen atoms in total. The lowest BCUT2D eigenvalue weighted by molar-refractivity contribution is -0.141. The van der Waals surface area contributed by atoms with Crippen LogP contribution in [-0.4, -0.2) is 25.0 Å². The predicted octanol–water partition coefficient (Wildman–Crippen LogP) is 4.45. The fraction of sp³-hybridized carbons (Fsp3) is 0.238. The molecule has 4 aromatic rings. The lowest BCUT2D eigenvalue weighted by atomic mass is 10.2. The van der Waals surface area contributed by atoms with E-state index in [2.05, 4.69) is 30.6 Å². The van der Waals surface area contributed by atoms with Crippen molar-refractivity contribution >= 4 is 27.5 Å². The molecule has 4 heterocycles. The van der Waals surface area contributed by atoms with Gasteiger partial charge in [-0.05, 0) is 42.1 Å². The zero-order chi connectivity index (χ0) is 22.7. The van der Waals surface area contributed by atoms with Crippen molar-refractivity contribution in [3.63, 3.8) is 0 Å². The Morgan fingerprint density at radius 3 is 2.62 bits per heavy atom. The normalized spacial score (nSPS) is 13.8. The van der Waals surface area contributed by atoms with Crippen LogP contribution < -0.4 is 10.6 Å². The maximum Gasteiger partial charge on any atom is 0.433 e. The first-order valence-corrected chi connectivity index (χ1v) is 10.6. The molecule has 0 aliphatic carbocycles. The summed E-state index contributed by atoms with van der Waals surface area (Å²) in [4.78, 5) is 16.7. The van der Waals surface area contributed by atoms with E-state index in [4.69, 9.17) is 0 Å². The van der Waals surface area contributed by atoms with E-state index in [1.54, 1.807) is 6.20 Å². The van der Waals surface area contributed by atoms with Crippen molar-refractivity contribution in [2.24, 2.45) is 0 Å². The van der Waals surface area contributed by atoms with Crippen molar-refractivity contribution in [1.82, 2.24) is 25.3 Å². The van der Waals surface area contributed by atoms with Crippen molar-refractivity contribution < 1.29 is 18.3 Å². The van der Waals surface area contributed by atoms with Crippen LogP contribution in [0.3, 0.4) is 0 Å². The van der Waals surface area contributed by atoms with Gasteiger partial charge in [0.15, 0.2) is 0 Å². The molecule has 1 unspecified atom stereocenters. The number of alkyl halides is 3. The first-order chi connectivity index (χ1) is 15.3. The molecule has 0 aliphatic heterocycles. The Morgan fingerprint density at radius 1 is 1.09 bits per heavy atom. The summed E-state index contributed by atoms with van der Waals surface area (Å²) in [5.41, 5.74) is 1.40. The Kier molecular flexibility index (Phi) is 6.31. The van der Waals surface area contributed by atoms with Crippen LogP contribution in [0.5, 0.6) is 0 Å². The van der Waals surface area contributed by atoms with Gasteiger partial charge < -0.3 is 10.4 Å². The second-order valence-corrected chi connectivity index (χ2v) is 7.94. The second kappa shape index (κ2) is 9.15. The SMILES string of the molecule is C[C@H](Nc1nc(C(O)NCc2ccc(C(F)(F)F)nc2)c2sccc2n1)c1ccccn1. The molecule has 0 radical (unpaired) electrons. The standard InChI is InChI=1S/C21H19F3N6OS/c1-12(14-4-2-3-8-25-14)28-20-29-15-7-9-32-18(15)17(30-20)19(31)27-11-13-5-6-16(26-10-13)21(22,23)24/h2-10,12,19,27,31H,11H2,1H3,(H,28,29,30)/t12-,19?/m0/s1. The van der Waals surface area contributed by atoms with Crippen molar-refractivity contribution in [3.05, 3.63) is 76.8 Å². The van der Waals surface area contributed by atoms with Gasteiger partial charge in [0.1, 0.15) is 17.6 Å². The van der Waals surface area contributed by atoms with Gasteiger partial charge in [-0.2, -0.15) is 13.2 Å². The van der Waals surface area contributed by atoms with Gasteiger partial charge in [-0.25, -0.2) is 9.97 Å². The molecule has 3 N–H and O–H groups in total. The van der Waals surface area contributed by atoms with Crippen molar-refractivity contribution in [2.45, 2.75) is 31.9 Å². The minimum atomic E-state index is -4.49. The minimum Gasteiger partial charge on any atom is -0.373 e. The number of hydrogen-bond donors (Lipinski definition) is 3. The molecule has 32 heavy (non-hydrogen) atoms. The van der Waals surface area contributed by atoms with Crippen LogP contribution in [0.25, 0.3) is 10.2 Å². The summed E-state index contributed by atoms with van der Waals surface area (Å²) in [5, 5.41) is 18.6. The van der Waals surface area contributed by atoms with E-state index in [-0.39, 0.29) is 12.6 Å². The molecule has 0 aliphatic rings. The molecule has 4 aromatic heterocycles. The summed E-state index contributed by atoms with van der Waals surface area (Å²) in [6.45, 7) is 2.03. The third-order valence-corrected chi connectivity index (χ3v) is 5.61. The van der Waals surface area contributed by atoms with Crippen LogP contribution in [0, 0.1) is 0 Å². The molecule has 0 fully saturated rings. The number of rotatable bonds is 7. The average Bonchev–Trinajstić information content (AvgIpc) is 3.26. The van der Waals surface area contributed by atoms with Crippen LogP contribution in [0.1, 0.15) is 41.8 Å². The number of thiophene rings is 1. The van der Waals surface area contributed by atoms with Gasteiger partial charge in [0.05, 0.1) is 22.0 Å². The smallest absolute Gasteiger partial charge is 0.373 e. The predicted molar refractivity (Wildman–Crippen MR) is 115 cm³/mol. The minimum absolute atomic E-state index is 0.107. The van der Waals surface area contributed by atoms with Gasteiger partial charge in [0, 0.05) is 18.9 Å². The van der Waals surface area contributed by atoms with Crippen LogP contribution in [-0.2, 0) is 12.7 Å². The maximum absolute atomic E-state index is 12.7. The zero-order valence-electron chi connectivity index (χ0n) is 16.8. The highest BCUT2D eigenvalue weighted by molar-refractivity contribution is 7.17. The monoisotopic (exact) mass is 460 g/mol. The summed E-state index contributed by atoms with van der Waals surface area (Å²) in [6, 6.07) is 9.49. The highest BCUT2D eigenvalue weighted by Gasteiger charge is 2.32. The molecule has 0 spiro atoms. The van der Waals surface area contributed by atoms with Gasteiger partial charge in [0.25, 0.3) is 0 Å². The number of aromatic nitrogens is 4. The summed E-state index contributed by atoms with van der Waals surface area (Å²) in [6.07, 6.45) is -2.82. The number of aliphatic hydroxyl groups is 1. The summed E-state index contributed by atoms with van der Waals surface area (Å²) >= 11 is 1.39. The largest absolute Gasteiger partial charge is 0.433 e. The number of aliphatic hydroxyl groups excluding tert-OH is 1. The highest BCUT2D eigenvalue weighted by Crippen LogP contribution is 2.29. The van der Waals surface area contributed by atoms with E-state index in [1.165, 1.54) is 17.4 Å². The molecular formula is C21H19F3N6OS. The van der Waals surface area contributed by atoms with Gasteiger partial charge >= 0.3 is 6.18 Å². The number of nitrogens with one attached hydrogen (secondary N) is 2. The lowest BCUT2D eigenvalue weighted by Gasteiger charge is -2.17. The molecule has 0 aromatic carbocycles. The Hall–Kier alpha value is -3.15. The fourth-order valence-corrected chi connectivity index (χ4v) is 3.89. The second-order valence-electron chi connectivity index (χ2n) is 7.02. The summed E-state index contributed by atoms with van der Waals surface area (Å²) < 4.78 is 38.7. The lowest BCUT2D eigenvalue weighted by Crippen LogP contribution is -2.22.